The molecule has 1 aromatic rings. The van der Waals surface area contributed by atoms with Gasteiger partial charge in [0.1, 0.15) is 0 Å². The Balaban J connectivity index is 3.19. The Labute approximate surface area is 67.2 Å². The van der Waals surface area contributed by atoms with Crippen molar-refractivity contribution in [3.8, 4) is 11.8 Å². The van der Waals surface area contributed by atoms with Gasteiger partial charge in [-0.2, -0.15) is 0 Å². The van der Waals surface area contributed by atoms with E-state index >= 15 is 0 Å². The monoisotopic (exact) mass is 145 g/mol. The van der Waals surface area contributed by atoms with Gasteiger partial charge in [-0.1, -0.05) is 12.0 Å². The lowest BCUT2D eigenvalue weighted by Gasteiger charge is -1.98. The van der Waals surface area contributed by atoms with Gasteiger partial charge in [0.2, 0.25) is 0 Å². The van der Waals surface area contributed by atoms with Crippen molar-refractivity contribution in [1.29, 1.82) is 0 Å². The smallest absolute Gasteiger partial charge is 0.0326 e. The highest BCUT2D eigenvalue weighted by molar-refractivity contribution is 5.50. The minimum absolute atomic E-state index is 0.772. The molecule has 0 saturated heterocycles. The van der Waals surface area contributed by atoms with E-state index < -0.39 is 0 Å². The zero-order valence-corrected chi connectivity index (χ0v) is 6.81. The molecule has 0 fully saturated rings. The van der Waals surface area contributed by atoms with Gasteiger partial charge in [-0.15, -0.1) is 5.92 Å². The van der Waals surface area contributed by atoms with Crippen LogP contribution in [0.5, 0.6) is 0 Å². The zero-order chi connectivity index (χ0) is 8.27. The van der Waals surface area contributed by atoms with Gasteiger partial charge >= 0.3 is 0 Å². The van der Waals surface area contributed by atoms with Crippen LogP contribution in [-0.4, -0.2) is 0 Å². The highest BCUT2D eigenvalue weighted by Crippen LogP contribution is 2.10. The summed E-state index contributed by atoms with van der Waals surface area (Å²) in [7, 11) is 0. The molecule has 1 rings (SSSR count). The van der Waals surface area contributed by atoms with Crippen molar-refractivity contribution in [2.24, 2.45) is 0 Å². The minimum atomic E-state index is 0.772. The van der Waals surface area contributed by atoms with Crippen molar-refractivity contribution < 1.29 is 0 Å². The summed E-state index contributed by atoms with van der Waals surface area (Å²) in [6.45, 7) is 3.85. The average molecular weight is 145 g/mol. The van der Waals surface area contributed by atoms with Gasteiger partial charge < -0.3 is 5.73 Å². The first-order valence-corrected chi connectivity index (χ1v) is 3.53. The van der Waals surface area contributed by atoms with E-state index in [0.29, 0.717) is 0 Å². The van der Waals surface area contributed by atoms with Crippen molar-refractivity contribution in [2.75, 3.05) is 5.73 Å². The molecular weight excluding hydrogens is 134 g/mol. The van der Waals surface area contributed by atoms with Gasteiger partial charge in [0, 0.05) is 11.3 Å². The molecule has 1 aromatic carbocycles. The van der Waals surface area contributed by atoms with Gasteiger partial charge in [0.05, 0.1) is 0 Å². The van der Waals surface area contributed by atoms with Crippen molar-refractivity contribution in [3.05, 3.63) is 29.3 Å². The first kappa shape index (κ1) is 7.68. The fourth-order valence-electron chi connectivity index (χ4n) is 0.909. The van der Waals surface area contributed by atoms with E-state index in [-0.39, 0.29) is 0 Å². The van der Waals surface area contributed by atoms with Crippen LogP contribution < -0.4 is 5.73 Å². The Morgan fingerprint density at radius 1 is 1.36 bits per heavy atom. The van der Waals surface area contributed by atoms with E-state index in [1.165, 1.54) is 5.56 Å². The summed E-state index contributed by atoms with van der Waals surface area (Å²) in [5.74, 6) is 5.83. The second-order valence-corrected chi connectivity index (χ2v) is 2.45. The highest BCUT2D eigenvalue weighted by Gasteiger charge is 1.93. The lowest BCUT2D eigenvalue weighted by atomic mass is 10.1. The van der Waals surface area contributed by atoms with E-state index in [4.69, 9.17) is 5.73 Å². The number of benzene rings is 1. The van der Waals surface area contributed by atoms with Crippen LogP contribution in [0, 0.1) is 18.8 Å². The number of aryl methyl sites for hydroxylation is 1. The molecule has 56 valence electrons. The van der Waals surface area contributed by atoms with E-state index in [9.17, 15) is 0 Å². The van der Waals surface area contributed by atoms with E-state index in [1.807, 2.05) is 32.0 Å². The van der Waals surface area contributed by atoms with E-state index in [1.54, 1.807) is 0 Å². The van der Waals surface area contributed by atoms with Crippen molar-refractivity contribution in [2.45, 2.75) is 13.8 Å². The number of nitrogen functional groups attached to an aromatic ring is 1. The second kappa shape index (κ2) is 3.12. The van der Waals surface area contributed by atoms with Crippen molar-refractivity contribution >= 4 is 5.69 Å². The first-order chi connectivity index (χ1) is 5.24. The first-order valence-electron chi connectivity index (χ1n) is 3.53. The topological polar surface area (TPSA) is 26.0 Å². The van der Waals surface area contributed by atoms with Gasteiger partial charge in [-0.25, -0.2) is 0 Å². The second-order valence-electron chi connectivity index (χ2n) is 2.45. The molecule has 2 N–H and O–H groups in total. The lowest BCUT2D eigenvalue weighted by molar-refractivity contribution is 1.44. The largest absolute Gasteiger partial charge is 0.399 e. The fourth-order valence-corrected chi connectivity index (χ4v) is 0.909. The average Bonchev–Trinajstić information content (AvgIpc) is 1.98. The summed E-state index contributed by atoms with van der Waals surface area (Å²) in [5.41, 5.74) is 8.56. The molecule has 11 heavy (non-hydrogen) atoms. The Morgan fingerprint density at radius 2 is 2.09 bits per heavy atom. The van der Waals surface area contributed by atoms with E-state index in [0.717, 1.165) is 11.3 Å². The van der Waals surface area contributed by atoms with Crippen LogP contribution in [0.1, 0.15) is 18.1 Å². The van der Waals surface area contributed by atoms with Gasteiger partial charge in [-0.05, 0) is 31.5 Å². The summed E-state index contributed by atoms with van der Waals surface area (Å²) >= 11 is 0. The maximum atomic E-state index is 5.59. The molecule has 0 aromatic heterocycles. The third-order valence-electron chi connectivity index (χ3n) is 1.52. The van der Waals surface area contributed by atoms with Crippen LogP contribution >= 0.6 is 0 Å². The number of nitrogens with two attached hydrogens (primary N) is 1. The Bertz CT molecular complexity index is 315. The molecule has 0 atom stereocenters. The normalized spacial score (nSPS) is 8.55. The molecule has 0 aliphatic rings. The summed E-state index contributed by atoms with van der Waals surface area (Å²) in [6.07, 6.45) is 0. The van der Waals surface area contributed by atoms with Crippen LogP contribution in [0.3, 0.4) is 0 Å². The maximum Gasteiger partial charge on any atom is 0.0326 e. The number of hydrogen-bond donors (Lipinski definition) is 1. The minimum Gasteiger partial charge on any atom is -0.399 e. The molecule has 1 heteroatoms. The molecule has 0 bridgehead atoms. The predicted octanol–water partition coefficient (Wildman–Crippen LogP) is 1.95. The van der Waals surface area contributed by atoms with Crippen molar-refractivity contribution in [3.63, 3.8) is 0 Å². The molecule has 0 saturated carbocycles. The number of rotatable bonds is 0. The standard InChI is InChI=1S/C10H11N/c1-3-4-9-7-10(11)6-5-8(9)2/h5-7H,11H2,1-2H3. The molecular formula is C10H11N. The summed E-state index contributed by atoms with van der Waals surface area (Å²) in [6, 6.07) is 5.76. The third-order valence-corrected chi connectivity index (χ3v) is 1.52. The maximum absolute atomic E-state index is 5.59. The third kappa shape index (κ3) is 1.75. The molecule has 0 amide bonds. The molecule has 1 nitrogen and oxygen atoms in total. The Morgan fingerprint density at radius 3 is 2.73 bits per heavy atom. The van der Waals surface area contributed by atoms with Crippen LogP contribution in [0.15, 0.2) is 18.2 Å². The quantitative estimate of drug-likeness (QED) is 0.438. The lowest BCUT2D eigenvalue weighted by Crippen LogP contribution is -1.87. The molecule has 0 aliphatic heterocycles. The zero-order valence-electron chi connectivity index (χ0n) is 6.81. The predicted molar refractivity (Wildman–Crippen MR) is 48.1 cm³/mol. The van der Waals surface area contributed by atoms with E-state index in [2.05, 4.69) is 11.8 Å². The van der Waals surface area contributed by atoms with Crippen LogP contribution in [0.2, 0.25) is 0 Å². The van der Waals surface area contributed by atoms with Crippen LogP contribution in [0.25, 0.3) is 0 Å². The van der Waals surface area contributed by atoms with Gasteiger partial charge in [0.25, 0.3) is 0 Å². The summed E-state index contributed by atoms with van der Waals surface area (Å²) in [4.78, 5) is 0. The fraction of sp³-hybridized carbons (Fsp3) is 0.200. The molecule has 0 heterocycles. The summed E-state index contributed by atoms with van der Waals surface area (Å²) < 4.78 is 0. The Hall–Kier alpha value is -1.42. The van der Waals surface area contributed by atoms with Crippen molar-refractivity contribution in [1.82, 2.24) is 0 Å². The molecule has 0 spiro atoms. The number of anilines is 1. The Kier molecular flexibility index (Phi) is 2.18. The van der Waals surface area contributed by atoms with Crippen LogP contribution in [-0.2, 0) is 0 Å². The highest BCUT2D eigenvalue weighted by atomic mass is 14.5. The SMILES string of the molecule is CC#Cc1cc(N)ccc1C. The molecule has 0 aliphatic carbocycles. The van der Waals surface area contributed by atoms with Gasteiger partial charge in [0.15, 0.2) is 0 Å². The number of hydrogen-bond acceptors (Lipinski definition) is 1. The summed E-state index contributed by atoms with van der Waals surface area (Å²) in [5, 5.41) is 0. The molecule has 0 radical (unpaired) electrons. The van der Waals surface area contributed by atoms with Gasteiger partial charge in [-0.3, -0.25) is 0 Å². The van der Waals surface area contributed by atoms with Crippen LogP contribution in [0.4, 0.5) is 5.69 Å². The molecule has 0 unspecified atom stereocenters.